The predicted molar refractivity (Wildman–Crippen MR) is 117 cm³/mol. The number of esters is 1. The number of nitrogens with one attached hydrogen (secondary N) is 2. The first-order valence-corrected chi connectivity index (χ1v) is 10.7. The summed E-state index contributed by atoms with van der Waals surface area (Å²) in [5.41, 5.74) is 2.29. The molecule has 6 nitrogen and oxygen atoms in total. The first kappa shape index (κ1) is 19.8. The molecule has 2 N–H and O–H groups in total. The second kappa shape index (κ2) is 8.15. The Morgan fingerprint density at radius 3 is 2.61 bits per heavy atom. The number of H-pyrrole nitrogens is 1. The number of hydrogen-bond acceptors (Lipinski definition) is 5. The Bertz CT molecular complexity index is 1180. The lowest BCUT2D eigenvalue weighted by molar-refractivity contribution is 0.0471. The van der Waals surface area contributed by atoms with E-state index in [1.807, 2.05) is 30.3 Å². The van der Waals surface area contributed by atoms with E-state index in [1.165, 1.54) is 12.3 Å². The SMILES string of the molecule is O=C(OCc1ccccc1)c1c[nH]c2c(C3CC3)c(N3CCNCC3)c(F)cc2c1=O. The number of nitrogens with zero attached hydrogens (tertiary/aromatic N) is 1. The number of fused-ring (bicyclic) bond motifs is 1. The molecule has 0 atom stereocenters. The Kier molecular flexibility index (Phi) is 5.19. The third-order valence-electron chi connectivity index (χ3n) is 5.99. The average Bonchev–Trinajstić information content (AvgIpc) is 3.64. The van der Waals surface area contributed by atoms with E-state index in [1.54, 1.807) is 0 Å². The molecule has 2 aliphatic rings. The molecule has 160 valence electrons. The minimum absolute atomic E-state index is 0.0702. The molecule has 2 heterocycles. The number of carbonyl (C=O) groups is 1. The van der Waals surface area contributed by atoms with Crippen LogP contribution in [0.5, 0.6) is 0 Å². The monoisotopic (exact) mass is 421 g/mol. The van der Waals surface area contributed by atoms with Crippen molar-refractivity contribution in [3.05, 3.63) is 75.3 Å². The molecule has 7 heteroatoms. The molecule has 0 radical (unpaired) electrons. The number of anilines is 1. The van der Waals surface area contributed by atoms with Crippen molar-refractivity contribution in [1.82, 2.24) is 10.3 Å². The number of hydrogen-bond donors (Lipinski definition) is 2. The highest BCUT2D eigenvalue weighted by molar-refractivity contribution is 5.96. The van der Waals surface area contributed by atoms with Gasteiger partial charge in [-0.05, 0) is 30.4 Å². The molecule has 1 aromatic heterocycles. The number of rotatable bonds is 5. The Morgan fingerprint density at radius 1 is 1.16 bits per heavy atom. The standard InChI is InChI=1S/C24H24FN3O3/c25-19-12-17-21(20(16-6-7-16)22(19)28-10-8-26-9-11-28)27-13-18(23(17)29)24(30)31-14-15-4-2-1-3-5-15/h1-5,12-13,16,26H,6-11,14H2,(H,27,29). The summed E-state index contributed by atoms with van der Waals surface area (Å²) in [6.07, 6.45) is 3.35. The summed E-state index contributed by atoms with van der Waals surface area (Å²) in [6.45, 7) is 3.10. The lowest BCUT2D eigenvalue weighted by Crippen LogP contribution is -2.44. The van der Waals surface area contributed by atoms with Crippen molar-refractivity contribution in [3.8, 4) is 0 Å². The number of ether oxygens (including phenoxy) is 1. The third-order valence-corrected chi connectivity index (χ3v) is 5.99. The highest BCUT2D eigenvalue weighted by Crippen LogP contribution is 2.48. The number of halogens is 1. The maximum Gasteiger partial charge on any atom is 0.343 e. The molecule has 2 fully saturated rings. The van der Waals surface area contributed by atoms with Crippen LogP contribution in [0.3, 0.4) is 0 Å². The van der Waals surface area contributed by atoms with Crippen LogP contribution in [0.1, 0.15) is 40.2 Å². The van der Waals surface area contributed by atoms with Crippen molar-refractivity contribution in [2.75, 3.05) is 31.1 Å². The van der Waals surface area contributed by atoms with Gasteiger partial charge >= 0.3 is 5.97 Å². The second-order valence-electron chi connectivity index (χ2n) is 8.15. The Labute approximate surface area is 179 Å². The molecule has 3 aromatic rings. The van der Waals surface area contributed by atoms with E-state index in [0.29, 0.717) is 11.2 Å². The van der Waals surface area contributed by atoms with E-state index in [0.717, 1.165) is 50.1 Å². The van der Waals surface area contributed by atoms with Gasteiger partial charge in [0.1, 0.15) is 18.0 Å². The van der Waals surface area contributed by atoms with Crippen LogP contribution in [0.15, 0.2) is 47.4 Å². The fourth-order valence-electron chi connectivity index (χ4n) is 4.28. The summed E-state index contributed by atoms with van der Waals surface area (Å²) in [7, 11) is 0. The summed E-state index contributed by atoms with van der Waals surface area (Å²) in [5.74, 6) is -0.891. The van der Waals surface area contributed by atoms with Crippen molar-refractivity contribution in [3.63, 3.8) is 0 Å². The lowest BCUT2D eigenvalue weighted by atomic mass is 10.00. The number of piperazine rings is 1. The van der Waals surface area contributed by atoms with E-state index in [2.05, 4.69) is 15.2 Å². The van der Waals surface area contributed by atoms with Crippen LogP contribution < -0.4 is 15.6 Å². The van der Waals surface area contributed by atoms with Crippen LogP contribution in [0.25, 0.3) is 10.9 Å². The smallest absolute Gasteiger partial charge is 0.343 e. The minimum atomic E-state index is -0.716. The normalized spacial score (nSPS) is 16.5. The molecule has 0 bridgehead atoms. The van der Waals surface area contributed by atoms with Crippen LogP contribution in [-0.4, -0.2) is 37.1 Å². The fraction of sp³-hybridized carbons (Fsp3) is 0.333. The van der Waals surface area contributed by atoms with Gasteiger partial charge in [-0.15, -0.1) is 0 Å². The molecular weight excluding hydrogens is 397 g/mol. The van der Waals surface area contributed by atoms with Gasteiger partial charge in [-0.3, -0.25) is 4.79 Å². The molecule has 5 rings (SSSR count). The summed E-state index contributed by atoms with van der Waals surface area (Å²) >= 11 is 0. The van der Waals surface area contributed by atoms with E-state index < -0.39 is 17.2 Å². The highest BCUT2D eigenvalue weighted by atomic mass is 19.1. The zero-order chi connectivity index (χ0) is 21.4. The first-order valence-electron chi connectivity index (χ1n) is 10.7. The van der Waals surface area contributed by atoms with E-state index in [9.17, 15) is 9.59 Å². The van der Waals surface area contributed by atoms with Crippen LogP contribution in [0, 0.1) is 5.82 Å². The topological polar surface area (TPSA) is 74.4 Å². The number of benzene rings is 2. The molecular formula is C24H24FN3O3. The molecule has 0 unspecified atom stereocenters. The predicted octanol–water partition coefficient (Wildman–Crippen LogP) is 3.31. The molecule has 1 aliphatic heterocycles. The molecule has 31 heavy (non-hydrogen) atoms. The quantitative estimate of drug-likeness (QED) is 0.619. The second-order valence-corrected chi connectivity index (χ2v) is 8.15. The molecule has 0 amide bonds. The Hall–Kier alpha value is -3.19. The Balaban J connectivity index is 1.53. The van der Waals surface area contributed by atoms with Crippen molar-refractivity contribution in [2.45, 2.75) is 25.4 Å². The van der Waals surface area contributed by atoms with Gasteiger partial charge in [0, 0.05) is 43.3 Å². The van der Waals surface area contributed by atoms with Gasteiger partial charge in [-0.1, -0.05) is 30.3 Å². The molecule has 2 aromatic carbocycles. The van der Waals surface area contributed by atoms with Gasteiger partial charge in [0.15, 0.2) is 0 Å². The highest BCUT2D eigenvalue weighted by Gasteiger charge is 2.33. The van der Waals surface area contributed by atoms with Gasteiger partial charge in [0.25, 0.3) is 0 Å². The summed E-state index contributed by atoms with van der Waals surface area (Å²) in [4.78, 5) is 30.8. The molecule has 1 saturated carbocycles. The number of aromatic nitrogens is 1. The van der Waals surface area contributed by atoms with Crippen molar-refractivity contribution < 1.29 is 13.9 Å². The fourth-order valence-corrected chi connectivity index (χ4v) is 4.28. The first-order chi connectivity index (χ1) is 15.1. The van der Waals surface area contributed by atoms with Crippen molar-refractivity contribution in [2.24, 2.45) is 0 Å². The number of pyridine rings is 1. The van der Waals surface area contributed by atoms with Crippen molar-refractivity contribution >= 4 is 22.6 Å². The summed E-state index contributed by atoms with van der Waals surface area (Å²) in [6, 6.07) is 10.5. The van der Waals surface area contributed by atoms with Gasteiger partial charge in [-0.2, -0.15) is 0 Å². The van der Waals surface area contributed by atoms with Gasteiger partial charge in [-0.25, -0.2) is 9.18 Å². The lowest BCUT2D eigenvalue weighted by Gasteiger charge is -2.32. The van der Waals surface area contributed by atoms with Crippen LogP contribution in [-0.2, 0) is 11.3 Å². The van der Waals surface area contributed by atoms with E-state index in [4.69, 9.17) is 4.74 Å². The molecule has 0 spiro atoms. The largest absolute Gasteiger partial charge is 0.457 e. The number of aromatic amines is 1. The molecule has 1 aliphatic carbocycles. The van der Waals surface area contributed by atoms with Gasteiger partial charge in [0.2, 0.25) is 5.43 Å². The summed E-state index contributed by atoms with van der Waals surface area (Å²) in [5, 5.41) is 3.49. The maximum absolute atomic E-state index is 15.3. The van der Waals surface area contributed by atoms with Crippen LogP contribution in [0.2, 0.25) is 0 Å². The Morgan fingerprint density at radius 2 is 1.90 bits per heavy atom. The molecule has 1 saturated heterocycles. The zero-order valence-corrected chi connectivity index (χ0v) is 17.1. The minimum Gasteiger partial charge on any atom is -0.457 e. The van der Waals surface area contributed by atoms with Gasteiger partial charge < -0.3 is 19.9 Å². The van der Waals surface area contributed by atoms with Crippen LogP contribution in [0.4, 0.5) is 10.1 Å². The van der Waals surface area contributed by atoms with Gasteiger partial charge in [0.05, 0.1) is 11.2 Å². The van der Waals surface area contributed by atoms with Crippen molar-refractivity contribution in [1.29, 1.82) is 0 Å². The van der Waals surface area contributed by atoms with E-state index in [-0.39, 0.29) is 23.5 Å². The zero-order valence-electron chi connectivity index (χ0n) is 17.1. The van der Waals surface area contributed by atoms with E-state index >= 15 is 4.39 Å². The average molecular weight is 421 g/mol. The third kappa shape index (κ3) is 3.81. The summed E-state index contributed by atoms with van der Waals surface area (Å²) < 4.78 is 20.6. The number of carbonyl (C=O) groups excluding carboxylic acids is 1. The van der Waals surface area contributed by atoms with Crippen LogP contribution >= 0.6 is 0 Å². The maximum atomic E-state index is 15.3.